The van der Waals surface area contributed by atoms with E-state index in [9.17, 15) is 4.79 Å². The minimum atomic E-state index is 0.317. The Morgan fingerprint density at radius 2 is 1.81 bits per heavy atom. The summed E-state index contributed by atoms with van der Waals surface area (Å²) in [7, 11) is 0. The molecule has 0 spiro atoms. The SMILES string of the molecule is CC(=O)C[N+]1(Cc2ccccc2)CCCC1. The van der Waals surface area contributed by atoms with Crippen molar-refractivity contribution < 1.29 is 9.28 Å². The molecule has 16 heavy (non-hydrogen) atoms. The molecule has 0 aromatic heterocycles. The number of likely N-dealkylation sites (tertiary alicyclic amines) is 1. The van der Waals surface area contributed by atoms with E-state index in [2.05, 4.69) is 24.3 Å². The fourth-order valence-corrected chi connectivity index (χ4v) is 2.82. The van der Waals surface area contributed by atoms with Crippen molar-refractivity contribution in [2.45, 2.75) is 26.3 Å². The van der Waals surface area contributed by atoms with Gasteiger partial charge < -0.3 is 4.48 Å². The van der Waals surface area contributed by atoms with Gasteiger partial charge in [-0.25, -0.2) is 0 Å². The van der Waals surface area contributed by atoms with E-state index >= 15 is 0 Å². The van der Waals surface area contributed by atoms with E-state index in [0.717, 1.165) is 24.1 Å². The fourth-order valence-electron chi connectivity index (χ4n) is 2.82. The van der Waals surface area contributed by atoms with Gasteiger partial charge in [0, 0.05) is 25.3 Å². The van der Waals surface area contributed by atoms with Crippen molar-refractivity contribution in [2.75, 3.05) is 19.6 Å². The van der Waals surface area contributed by atoms with Crippen LogP contribution >= 0.6 is 0 Å². The van der Waals surface area contributed by atoms with Crippen molar-refractivity contribution in [3.05, 3.63) is 35.9 Å². The van der Waals surface area contributed by atoms with Crippen LogP contribution in [0.25, 0.3) is 0 Å². The van der Waals surface area contributed by atoms with Gasteiger partial charge in [-0.15, -0.1) is 0 Å². The van der Waals surface area contributed by atoms with Gasteiger partial charge in [0.2, 0.25) is 0 Å². The first-order valence-electron chi connectivity index (χ1n) is 6.09. The summed E-state index contributed by atoms with van der Waals surface area (Å²) in [5, 5.41) is 0. The fraction of sp³-hybridized carbons (Fsp3) is 0.500. The van der Waals surface area contributed by atoms with Crippen molar-refractivity contribution in [1.82, 2.24) is 0 Å². The third kappa shape index (κ3) is 2.70. The lowest BCUT2D eigenvalue weighted by Gasteiger charge is -2.33. The largest absolute Gasteiger partial charge is 0.314 e. The molecule has 1 heterocycles. The predicted octanol–water partition coefficient (Wildman–Crippen LogP) is 2.39. The van der Waals surface area contributed by atoms with E-state index in [1.165, 1.54) is 18.4 Å². The van der Waals surface area contributed by atoms with Gasteiger partial charge in [0.15, 0.2) is 5.78 Å². The maximum Gasteiger partial charge on any atom is 0.183 e. The molecule has 1 fully saturated rings. The third-order valence-electron chi connectivity index (χ3n) is 3.43. The highest BCUT2D eigenvalue weighted by Crippen LogP contribution is 2.23. The van der Waals surface area contributed by atoms with Crippen molar-refractivity contribution in [3.63, 3.8) is 0 Å². The number of hydrogen-bond donors (Lipinski definition) is 0. The average Bonchev–Trinajstić information content (AvgIpc) is 2.66. The summed E-state index contributed by atoms with van der Waals surface area (Å²) in [6.45, 7) is 5.75. The van der Waals surface area contributed by atoms with Gasteiger partial charge in [-0.2, -0.15) is 0 Å². The van der Waals surface area contributed by atoms with E-state index in [-0.39, 0.29) is 0 Å². The molecular weight excluding hydrogens is 198 g/mol. The average molecular weight is 218 g/mol. The van der Waals surface area contributed by atoms with Gasteiger partial charge in [0.25, 0.3) is 0 Å². The van der Waals surface area contributed by atoms with Crippen molar-refractivity contribution in [1.29, 1.82) is 0 Å². The lowest BCUT2D eigenvalue weighted by molar-refractivity contribution is -0.922. The molecule has 0 aliphatic carbocycles. The lowest BCUT2D eigenvalue weighted by Crippen LogP contribution is -2.47. The number of carbonyl (C=O) groups excluding carboxylic acids is 1. The van der Waals surface area contributed by atoms with Crippen LogP contribution in [0.4, 0.5) is 0 Å². The summed E-state index contributed by atoms with van der Waals surface area (Å²) in [6.07, 6.45) is 2.53. The summed E-state index contributed by atoms with van der Waals surface area (Å²) in [6, 6.07) is 10.5. The third-order valence-corrected chi connectivity index (χ3v) is 3.43. The number of hydrogen-bond acceptors (Lipinski definition) is 1. The van der Waals surface area contributed by atoms with Crippen LogP contribution in [-0.4, -0.2) is 29.9 Å². The molecule has 1 aromatic rings. The van der Waals surface area contributed by atoms with Crippen molar-refractivity contribution in [3.8, 4) is 0 Å². The van der Waals surface area contributed by atoms with E-state index < -0.39 is 0 Å². The van der Waals surface area contributed by atoms with E-state index in [1.807, 2.05) is 6.07 Å². The number of ketones is 1. The normalized spacial score (nSPS) is 18.6. The van der Waals surface area contributed by atoms with E-state index in [1.54, 1.807) is 6.92 Å². The molecule has 1 saturated heterocycles. The molecule has 0 amide bonds. The lowest BCUT2D eigenvalue weighted by atomic mass is 10.2. The van der Waals surface area contributed by atoms with Crippen LogP contribution in [0.5, 0.6) is 0 Å². The number of quaternary nitrogens is 1. The van der Waals surface area contributed by atoms with Gasteiger partial charge in [-0.3, -0.25) is 4.79 Å². The molecular formula is C14H20NO+. The molecule has 0 atom stereocenters. The van der Waals surface area contributed by atoms with Gasteiger partial charge in [0.05, 0.1) is 13.1 Å². The molecule has 2 rings (SSSR count). The quantitative estimate of drug-likeness (QED) is 0.709. The molecule has 0 N–H and O–H groups in total. The molecule has 0 saturated carbocycles. The van der Waals surface area contributed by atoms with Gasteiger partial charge in [-0.05, 0) is 0 Å². The standard InChI is InChI=1S/C14H20NO/c1-13(16)11-15(9-5-6-10-15)12-14-7-3-2-4-8-14/h2-4,7-8H,5-6,9-12H2,1H3/q+1. The molecule has 2 nitrogen and oxygen atoms in total. The minimum Gasteiger partial charge on any atom is -0.314 e. The zero-order chi connectivity index (χ0) is 11.4. The molecule has 1 aromatic carbocycles. The van der Waals surface area contributed by atoms with Crippen molar-refractivity contribution in [2.24, 2.45) is 0 Å². The maximum absolute atomic E-state index is 11.4. The Morgan fingerprint density at radius 1 is 1.19 bits per heavy atom. The topological polar surface area (TPSA) is 17.1 Å². The molecule has 0 unspecified atom stereocenters. The van der Waals surface area contributed by atoms with Crippen LogP contribution in [0, 0.1) is 0 Å². The first-order valence-corrected chi connectivity index (χ1v) is 6.09. The highest BCUT2D eigenvalue weighted by atomic mass is 16.1. The Labute approximate surface area is 97.5 Å². The molecule has 1 aliphatic rings. The number of nitrogens with zero attached hydrogens (tertiary/aromatic N) is 1. The van der Waals surface area contributed by atoms with Gasteiger partial charge in [-0.1, -0.05) is 30.3 Å². The second-order valence-electron chi connectivity index (χ2n) is 5.00. The molecule has 0 radical (unpaired) electrons. The summed E-state index contributed by atoms with van der Waals surface area (Å²) in [5.41, 5.74) is 1.35. The van der Waals surface area contributed by atoms with E-state index in [4.69, 9.17) is 0 Å². The van der Waals surface area contributed by atoms with Crippen LogP contribution < -0.4 is 0 Å². The van der Waals surface area contributed by atoms with Crippen LogP contribution in [0.1, 0.15) is 25.3 Å². The Bertz CT molecular complexity index is 352. The van der Waals surface area contributed by atoms with Crippen LogP contribution in [0.15, 0.2) is 30.3 Å². The molecule has 2 heteroatoms. The van der Waals surface area contributed by atoms with E-state index in [0.29, 0.717) is 12.3 Å². The summed E-state index contributed by atoms with van der Waals surface area (Å²) < 4.78 is 0.972. The van der Waals surface area contributed by atoms with Gasteiger partial charge in [0.1, 0.15) is 13.1 Å². The second-order valence-corrected chi connectivity index (χ2v) is 5.00. The number of Topliss-reactive ketones (excluding diaryl/α,β-unsaturated/α-hetero) is 1. The highest BCUT2D eigenvalue weighted by Gasteiger charge is 2.33. The zero-order valence-corrected chi connectivity index (χ0v) is 9.98. The monoisotopic (exact) mass is 218 g/mol. The first-order chi connectivity index (χ1) is 7.70. The van der Waals surface area contributed by atoms with Gasteiger partial charge >= 0.3 is 0 Å². The Hall–Kier alpha value is -1.15. The molecule has 1 aliphatic heterocycles. The summed E-state index contributed by atoms with van der Waals surface area (Å²) in [5.74, 6) is 0.317. The smallest absolute Gasteiger partial charge is 0.183 e. The Kier molecular flexibility index (Phi) is 3.39. The Morgan fingerprint density at radius 3 is 2.38 bits per heavy atom. The minimum absolute atomic E-state index is 0.317. The number of rotatable bonds is 4. The predicted molar refractivity (Wildman–Crippen MR) is 64.9 cm³/mol. The maximum atomic E-state index is 11.4. The highest BCUT2D eigenvalue weighted by molar-refractivity contribution is 5.76. The zero-order valence-electron chi connectivity index (χ0n) is 9.98. The van der Waals surface area contributed by atoms with Crippen LogP contribution in [0.2, 0.25) is 0 Å². The number of carbonyl (C=O) groups is 1. The molecule has 86 valence electrons. The summed E-state index contributed by atoms with van der Waals surface area (Å²) in [4.78, 5) is 11.4. The van der Waals surface area contributed by atoms with Crippen LogP contribution in [-0.2, 0) is 11.3 Å². The molecule has 0 bridgehead atoms. The van der Waals surface area contributed by atoms with Crippen LogP contribution in [0.3, 0.4) is 0 Å². The van der Waals surface area contributed by atoms with Crippen molar-refractivity contribution >= 4 is 5.78 Å². The number of benzene rings is 1. The second kappa shape index (κ2) is 4.79. The summed E-state index contributed by atoms with van der Waals surface area (Å²) >= 11 is 0. The Balaban J connectivity index is 2.11. The first kappa shape index (κ1) is 11.3.